The van der Waals surface area contributed by atoms with Crippen LogP contribution >= 0.6 is 0 Å². The molecule has 0 aromatic heterocycles. The quantitative estimate of drug-likeness (QED) is 0.737. The van der Waals surface area contributed by atoms with E-state index in [2.05, 4.69) is 10.6 Å². The molecule has 0 aliphatic carbocycles. The second kappa shape index (κ2) is 5.18. The van der Waals surface area contributed by atoms with Crippen molar-refractivity contribution < 1.29 is 9.59 Å². The van der Waals surface area contributed by atoms with Crippen LogP contribution in [0.2, 0.25) is 0 Å². The number of nitrogens with two attached hydrogens (primary N) is 1. The fraction of sp³-hybridized carbons (Fsp3) is 0.385. The summed E-state index contributed by atoms with van der Waals surface area (Å²) in [7, 11) is 0. The maximum atomic E-state index is 11.8. The number of benzene rings is 1. The molecular weight excluding hydrogens is 230 g/mol. The molecule has 0 radical (unpaired) electrons. The van der Waals surface area contributed by atoms with Crippen LogP contribution in [0.15, 0.2) is 18.2 Å². The van der Waals surface area contributed by atoms with E-state index in [0.717, 1.165) is 5.56 Å². The monoisotopic (exact) mass is 247 g/mol. The average Bonchev–Trinajstić information content (AvgIpc) is 2.71. The van der Waals surface area contributed by atoms with E-state index in [1.54, 1.807) is 6.07 Å². The Labute approximate surface area is 106 Å². The predicted molar refractivity (Wildman–Crippen MR) is 69.1 cm³/mol. The highest BCUT2D eigenvalue weighted by Crippen LogP contribution is 2.20. The summed E-state index contributed by atoms with van der Waals surface area (Å²) in [6.07, 6.45) is 0.650. The second-order valence-electron chi connectivity index (χ2n) is 4.52. The first-order valence-electron chi connectivity index (χ1n) is 6.04. The predicted octanol–water partition coefficient (Wildman–Crippen LogP) is 0.853. The van der Waals surface area contributed by atoms with Crippen LogP contribution in [-0.4, -0.2) is 18.4 Å². The molecule has 1 aliphatic heterocycles. The van der Waals surface area contributed by atoms with Gasteiger partial charge in [-0.25, -0.2) is 0 Å². The Morgan fingerprint density at radius 2 is 2.33 bits per heavy atom. The maximum absolute atomic E-state index is 11.8. The third-order valence-corrected chi connectivity index (χ3v) is 3.11. The van der Waals surface area contributed by atoms with Crippen LogP contribution in [0.3, 0.4) is 0 Å². The molecule has 5 nitrogen and oxygen atoms in total. The molecule has 4 N–H and O–H groups in total. The Kier molecular flexibility index (Phi) is 3.62. The number of carbonyl (C=O) groups is 2. The Morgan fingerprint density at radius 3 is 3.06 bits per heavy atom. The molecule has 1 heterocycles. The summed E-state index contributed by atoms with van der Waals surface area (Å²) >= 11 is 0. The van der Waals surface area contributed by atoms with E-state index in [0.29, 0.717) is 30.8 Å². The highest BCUT2D eigenvalue weighted by molar-refractivity contribution is 6.00. The number of fused-ring (bicyclic) bond motifs is 1. The van der Waals surface area contributed by atoms with Gasteiger partial charge in [0.1, 0.15) is 0 Å². The smallest absolute Gasteiger partial charge is 0.251 e. The molecule has 0 spiro atoms. The first-order valence-corrected chi connectivity index (χ1v) is 6.04. The van der Waals surface area contributed by atoms with E-state index < -0.39 is 0 Å². The molecule has 5 heteroatoms. The van der Waals surface area contributed by atoms with E-state index in [-0.39, 0.29) is 17.7 Å². The van der Waals surface area contributed by atoms with E-state index in [1.165, 1.54) is 0 Å². The van der Waals surface area contributed by atoms with Crippen molar-refractivity contribution >= 4 is 17.5 Å². The average molecular weight is 247 g/mol. The number of rotatable bonds is 4. The van der Waals surface area contributed by atoms with E-state index in [9.17, 15) is 9.59 Å². The standard InChI is InChI=1S/C13H17N3O2/c1-8(4-5-14)12(17)16-10-3-2-9-7-15-13(18)11(9)6-10/h2-3,6,8H,4-5,7,14H2,1H3,(H,15,18)(H,16,17)/t8-/m1/s1. The molecule has 1 aromatic carbocycles. The van der Waals surface area contributed by atoms with Crippen molar-refractivity contribution in [3.8, 4) is 0 Å². The summed E-state index contributed by atoms with van der Waals surface area (Å²) < 4.78 is 0. The lowest BCUT2D eigenvalue weighted by atomic mass is 10.1. The van der Waals surface area contributed by atoms with Crippen molar-refractivity contribution in [3.05, 3.63) is 29.3 Å². The van der Waals surface area contributed by atoms with Crippen LogP contribution in [0.4, 0.5) is 5.69 Å². The fourth-order valence-electron chi connectivity index (χ4n) is 1.94. The Balaban J connectivity index is 2.09. The van der Waals surface area contributed by atoms with E-state index in [4.69, 9.17) is 5.73 Å². The van der Waals surface area contributed by atoms with Crippen molar-refractivity contribution in [2.45, 2.75) is 19.9 Å². The van der Waals surface area contributed by atoms with Gasteiger partial charge in [0.15, 0.2) is 0 Å². The minimum Gasteiger partial charge on any atom is -0.348 e. The zero-order chi connectivity index (χ0) is 13.1. The summed E-state index contributed by atoms with van der Waals surface area (Å²) in [6.45, 7) is 2.88. The van der Waals surface area contributed by atoms with Gasteiger partial charge in [-0.15, -0.1) is 0 Å². The number of nitrogens with one attached hydrogen (secondary N) is 2. The van der Waals surface area contributed by atoms with Gasteiger partial charge in [0, 0.05) is 23.7 Å². The van der Waals surface area contributed by atoms with Gasteiger partial charge in [0.25, 0.3) is 5.91 Å². The molecule has 18 heavy (non-hydrogen) atoms. The summed E-state index contributed by atoms with van der Waals surface area (Å²) in [5, 5.41) is 5.54. The summed E-state index contributed by atoms with van der Waals surface area (Å²) in [5.74, 6) is -0.285. The van der Waals surface area contributed by atoms with Gasteiger partial charge in [-0.1, -0.05) is 13.0 Å². The van der Waals surface area contributed by atoms with Gasteiger partial charge < -0.3 is 16.4 Å². The molecule has 1 aromatic rings. The molecule has 96 valence electrons. The SMILES string of the molecule is C[C@H](CCN)C(=O)Nc1ccc2c(c1)C(=O)NC2. The normalized spacial score (nSPS) is 14.9. The lowest BCUT2D eigenvalue weighted by molar-refractivity contribution is -0.119. The van der Waals surface area contributed by atoms with Crippen LogP contribution < -0.4 is 16.4 Å². The van der Waals surface area contributed by atoms with Crippen molar-refractivity contribution in [1.29, 1.82) is 0 Å². The largest absolute Gasteiger partial charge is 0.348 e. The lowest BCUT2D eigenvalue weighted by Gasteiger charge is -2.11. The molecule has 0 fully saturated rings. The van der Waals surface area contributed by atoms with Crippen molar-refractivity contribution in [3.63, 3.8) is 0 Å². The molecule has 0 saturated carbocycles. The topological polar surface area (TPSA) is 84.2 Å². The van der Waals surface area contributed by atoms with Gasteiger partial charge >= 0.3 is 0 Å². The number of hydrogen-bond donors (Lipinski definition) is 3. The fourth-order valence-corrected chi connectivity index (χ4v) is 1.94. The third-order valence-electron chi connectivity index (χ3n) is 3.11. The lowest BCUT2D eigenvalue weighted by Crippen LogP contribution is -2.22. The van der Waals surface area contributed by atoms with Crippen LogP contribution in [0.5, 0.6) is 0 Å². The minimum absolute atomic E-state index is 0.0706. The van der Waals surface area contributed by atoms with Crippen molar-refractivity contribution in [2.24, 2.45) is 11.7 Å². The number of amides is 2. The first-order chi connectivity index (χ1) is 8.61. The molecule has 2 rings (SSSR count). The first kappa shape index (κ1) is 12.6. The summed E-state index contributed by atoms with van der Waals surface area (Å²) in [6, 6.07) is 5.38. The van der Waals surface area contributed by atoms with Gasteiger partial charge in [-0.2, -0.15) is 0 Å². The Hall–Kier alpha value is -1.88. The molecule has 1 aliphatic rings. The summed E-state index contributed by atoms with van der Waals surface area (Å²) in [5.41, 5.74) is 7.68. The van der Waals surface area contributed by atoms with Gasteiger partial charge in [0.2, 0.25) is 5.91 Å². The van der Waals surface area contributed by atoms with E-state index in [1.807, 2.05) is 19.1 Å². The van der Waals surface area contributed by atoms with Gasteiger partial charge in [0.05, 0.1) is 0 Å². The number of hydrogen-bond acceptors (Lipinski definition) is 3. The zero-order valence-electron chi connectivity index (χ0n) is 10.3. The van der Waals surface area contributed by atoms with Crippen LogP contribution in [0.1, 0.15) is 29.3 Å². The van der Waals surface area contributed by atoms with Crippen LogP contribution in [0.25, 0.3) is 0 Å². The number of anilines is 1. The second-order valence-corrected chi connectivity index (χ2v) is 4.52. The zero-order valence-corrected chi connectivity index (χ0v) is 10.3. The van der Waals surface area contributed by atoms with Crippen LogP contribution in [-0.2, 0) is 11.3 Å². The minimum atomic E-state index is -0.128. The molecule has 2 amide bonds. The van der Waals surface area contributed by atoms with Crippen molar-refractivity contribution in [2.75, 3.05) is 11.9 Å². The number of carbonyl (C=O) groups excluding carboxylic acids is 2. The van der Waals surface area contributed by atoms with E-state index >= 15 is 0 Å². The highest BCUT2D eigenvalue weighted by atomic mass is 16.2. The highest BCUT2D eigenvalue weighted by Gasteiger charge is 2.19. The molecule has 0 unspecified atom stereocenters. The summed E-state index contributed by atoms with van der Waals surface area (Å²) in [4.78, 5) is 23.3. The molecule has 0 bridgehead atoms. The van der Waals surface area contributed by atoms with Gasteiger partial charge in [-0.05, 0) is 30.7 Å². The maximum Gasteiger partial charge on any atom is 0.251 e. The van der Waals surface area contributed by atoms with Crippen molar-refractivity contribution in [1.82, 2.24) is 5.32 Å². The third kappa shape index (κ3) is 2.51. The molecule has 0 saturated heterocycles. The molecule has 1 atom stereocenters. The van der Waals surface area contributed by atoms with Gasteiger partial charge in [-0.3, -0.25) is 9.59 Å². The molecular formula is C13H17N3O2. The van der Waals surface area contributed by atoms with Crippen LogP contribution in [0, 0.1) is 5.92 Å². The Bertz CT molecular complexity index is 485. The Morgan fingerprint density at radius 1 is 1.56 bits per heavy atom.